The quantitative estimate of drug-likeness (QED) is 0.223. The summed E-state index contributed by atoms with van der Waals surface area (Å²) >= 11 is 0. The Kier molecular flexibility index (Phi) is 9.55. The molecule has 1 amide bonds. The first kappa shape index (κ1) is 32.7. The summed E-state index contributed by atoms with van der Waals surface area (Å²) in [4.78, 5) is 15.4. The molecule has 0 radical (unpaired) electrons. The second-order valence-electron chi connectivity index (χ2n) is 13.0. The van der Waals surface area contributed by atoms with Crippen LogP contribution in [0, 0.1) is 0 Å². The molecule has 8 nitrogen and oxygen atoms in total. The zero-order valence-corrected chi connectivity index (χ0v) is 27.0. The number of fused-ring (bicyclic) bond motifs is 3. The Hall–Kier alpha value is -3.28. The molecule has 0 aromatic heterocycles. The fourth-order valence-electron chi connectivity index (χ4n) is 7.17. The van der Waals surface area contributed by atoms with Crippen LogP contribution in [0.25, 0.3) is 10.8 Å². The maximum atomic E-state index is 16.6. The van der Waals surface area contributed by atoms with Crippen LogP contribution in [0.4, 0.5) is 8.78 Å². The molecule has 1 saturated carbocycles. The highest BCUT2D eigenvalue weighted by Gasteiger charge is 2.53. The summed E-state index contributed by atoms with van der Waals surface area (Å²) in [6.07, 6.45) is 8.37. The predicted octanol–water partition coefficient (Wildman–Crippen LogP) is 6.26. The van der Waals surface area contributed by atoms with Crippen LogP contribution < -0.4 is 19.9 Å². The number of alkyl halides is 2. The fourth-order valence-corrected chi connectivity index (χ4v) is 8.39. The average Bonchev–Trinajstić information content (AvgIpc) is 3.64. The molecule has 2 saturated heterocycles. The van der Waals surface area contributed by atoms with Crippen molar-refractivity contribution in [1.82, 2.24) is 9.62 Å². The van der Waals surface area contributed by atoms with E-state index >= 15 is 8.78 Å². The molecule has 3 atom stereocenters. The Morgan fingerprint density at radius 1 is 0.978 bits per heavy atom. The molecule has 46 heavy (non-hydrogen) atoms. The summed E-state index contributed by atoms with van der Waals surface area (Å²) in [5.41, 5.74) is 5.69. The maximum absolute atomic E-state index is 16.6. The molecular weight excluding hydrogens is 612 g/mol. The van der Waals surface area contributed by atoms with E-state index < -0.39 is 33.5 Å². The number of nitrogens with two attached hydrogens (primary N) is 1. The van der Waals surface area contributed by atoms with Crippen molar-refractivity contribution < 1.29 is 31.5 Å². The SMILES string of the molecule is CCCCOc1cccc(C(F)(F)[C@H](NS(=O)(=O)c2ccc3cc(OC4CCCC4)ccc3c2)C(=O)N2C3CCC2CC(N)C3)c1. The van der Waals surface area contributed by atoms with E-state index in [1.807, 2.05) is 13.0 Å². The second kappa shape index (κ2) is 13.4. The van der Waals surface area contributed by atoms with Crippen LogP contribution in [0.3, 0.4) is 0 Å². The van der Waals surface area contributed by atoms with Gasteiger partial charge in [0.2, 0.25) is 15.9 Å². The third kappa shape index (κ3) is 6.87. The molecule has 1 aliphatic carbocycles. The number of nitrogens with one attached hydrogen (secondary N) is 1. The highest BCUT2D eigenvalue weighted by atomic mass is 32.2. The third-order valence-corrected chi connectivity index (χ3v) is 11.0. The average molecular weight is 656 g/mol. The van der Waals surface area contributed by atoms with Gasteiger partial charge in [-0.2, -0.15) is 13.5 Å². The number of rotatable bonds is 12. The number of piperidine rings is 1. The minimum atomic E-state index is -4.57. The van der Waals surface area contributed by atoms with Crippen molar-refractivity contribution in [3.8, 4) is 11.5 Å². The van der Waals surface area contributed by atoms with Crippen molar-refractivity contribution >= 4 is 26.7 Å². The van der Waals surface area contributed by atoms with Gasteiger partial charge in [-0.05, 0) is 105 Å². The molecule has 2 heterocycles. The number of halogens is 2. The summed E-state index contributed by atoms with van der Waals surface area (Å²) in [6.45, 7) is 2.35. The van der Waals surface area contributed by atoms with E-state index in [4.69, 9.17) is 15.2 Å². The van der Waals surface area contributed by atoms with E-state index in [1.54, 1.807) is 24.3 Å². The molecule has 2 bridgehead atoms. The van der Waals surface area contributed by atoms with Gasteiger partial charge in [0, 0.05) is 23.7 Å². The minimum Gasteiger partial charge on any atom is -0.494 e. The van der Waals surface area contributed by atoms with Gasteiger partial charge in [-0.15, -0.1) is 0 Å². The molecule has 248 valence electrons. The van der Waals surface area contributed by atoms with Gasteiger partial charge in [0.15, 0.2) is 6.04 Å². The Bertz CT molecular complexity index is 1650. The van der Waals surface area contributed by atoms with Gasteiger partial charge in [-0.3, -0.25) is 4.79 Å². The lowest BCUT2D eigenvalue weighted by molar-refractivity contribution is -0.149. The number of carbonyl (C=O) groups is 1. The van der Waals surface area contributed by atoms with Crippen LogP contribution in [0.1, 0.15) is 76.7 Å². The first-order valence-electron chi connectivity index (χ1n) is 16.5. The summed E-state index contributed by atoms with van der Waals surface area (Å²) < 4.78 is 74.8. The standard InChI is InChI=1S/C35H43F2N3O5S/c1-2-3-17-44-30-10-6-7-25(20-30)35(36,37)33(34(41)40-27-13-14-28(40)22-26(38)21-27)39-46(42,43)32-16-12-23-18-31(15-11-24(23)19-32)45-29-8-4-5-9-29/h6-7,10-12,15-16,18-20,26-29,33,39H,2-5,8-9,13-14,17,21-22,38H2,1H3/t26?,27?,28?,33-/m1/s1. The molecule has 2 unspecified atom stereocenters. The Labute approximate surface area is 269 Å². The smallest absolute Gasteiger partial charge is 0.298 e. The number of carbonyl (C=O) groups excluding carboxylic acids is 1. The zero-order valence-electron chi connectivity index (χ0n) is 26.2. The molecule has 2 aliphatic heterocycles. The monoisotopic (exact) mass is 655 g/mol. The van der Waals surface area contributed by atoms with E-state index in [2.05, 4.69) is 4.72 Å². The number of sulfonamides is 1. The van der Waals surface area contributed by atoms with Gasteiger partial charge in [0.25, 0.3) is 5.92 Å². The van der Waals surface area contributed by atoms with Crippen molar-refractivity contribution in [2.24, 2.45) is 5.73 Å². The van der Waals surface area contributed by atoms with E-state index in [9.17, 15) is 13.2 Å². The molecule has 3 aromatic rings. The summed E-state index contributed by atoms with van der Waals surface area (Å²) in [6, 6.07) is 12.1. The lowest BCUT2D eigenvalue weighted by Gasteiger charge is -2.41. The number of hydrogen-bond acceptors (Lipinski definition) is 6. The number of nitrogens with zero attached hydrogens (tertiary/aromatic N) is 1. The molecule has 3 N–H and O–H groups in total. The van der Waals surface area contributed by atoms with E-state index in [0.29, 0.717) is 43.4 Å². The summed E-state index contributed by atoms with van der Waals surface area (Å²) in [5, 5.41) is 1.37. The Balaban J connectivity index is 1.31. The Morgan fingerprint density at radius 2 is 1.67 bits per heavy atom. The van der Waals surface area contributed by atoms with Crippen molar-refractivity contribution in [3.05, 3.63) is 66.2 Å². The zero-order chi connectivity index (χ0) is 32.5. The minimum absolute atomic E-state index is 0.129. The summed E-state index contributed by atoms with van der Waals surface area (Å²) in [7, 11) is -4.57. The highest BCUT2D eigenvalue weighted by molar-refractivity contribution is 7.89. The van der Waals surface area contributed by atoms with Crippen LogP contribution in [0.5, 0.6) is 11.5 Å². The van der Waals surface area contributed by atoms with Crippen LogP contribution in [-0.4, -0.2) is 56.1 Å². The predicted molar refractivity (Wildman–Crippen MR) is 173 cm³/mol. The van der Waals surface area contributed by atoms with Gasteiger partial charge >= 0.3 is 0 Å². The molecule has 3 fully saturated rings. The summed E-state index contributed by atoms with van der Waals surface area (Å²) in [5.74, 6) is -3.90. The molecule has 3 aliphatic rings. The molecule has 3 aromatic carbocycles. The van der Waals surface area contributed by atoms with E-state index in [-0.39, 0.29) is 34.9 Å². The van der Waals surface area contributed by atoms with E-state index in [1.165, 1.54) is 35.2 Å². The van der Waals surface area contributed by atoms with Crippen LogP contribution in [0.15, 0.2) is 65.6 Å². The molecule has 6 rings (SSSR count). The number of benzene rings is 3. The first-order valence-corrected chi connectivity index (χ1v) is 17.9. The Morgan fingerprint density at radius 3 is 2.39 bits per heavy atom. The van der Waals surface area contributed by atoms with Gasteiger partial charge in [0.05, 0.1) is 17.6 Å². The number of unbranched alkanes of at least 4 members (excludes halogenated alkanes) is 1. The number of hydrogen-bond donors (Lipinski definition) is 2. The number of ether oxygens (including phenoxy) is 2. The van der Waals surface area contributed by atoms with Crippen molar-refractivity contribution in [1.29, 1.82) is 0 Å². The third-order valence-electron chi connectivity index (χ3n) is 9.59. The fraction of sp³-hybridized carbons (Fsp3) is 0.514. The highest BCUT2D eigenvalue weighted by Crippen LogP contribution is 2.40. The van der Waals surface area contributed by atoms with Crippen molar-refractivity contribution in [3.63, 3.8) is 0 Å². The first-order chi connectivity index (χ1) is 22.0. The molecular formula is C35H43F2N3O5S. The van der Waals surface area contributed by atoms with Gasteiger partial charge < -0.3 is 20.1 Å². The van der Waals surface area contributed by atoms with Crippen molar-refractivity contribution in [2.75, 3.05) is 6.61 Å². The maximum Gasteiger partial charge on any atom is 0.298 e. The van der Waals surface area contributed by atoms with Crippen molar-refractivity contribution in [2.45, 2.75) is 112 Å². The van der Waals surface area contributed by atoms with E-state index in [0.717, 1.165) is 43.9 Å². The largest absolute Gasteiger partial charge is 0.494 e. The lowest BCUT2D eigenvalue weighted by Crippen LogP contribution is -2.60. The number of amides is 1. The van der Waals surface area contributed by atoms with Gasteiger partial charge in [-0.1, -0.05) is 37.6 Å². The normalized spacial score (nSPS) is 22.7. The topological polar surface area (TPSA) is 111 Å². The van der Waals surface area contributed by atoms with Crippen LogP contribution in [-0.2, 0) is 20.7 Å². The lowest BCUT2D eigenvalue weighted by atomic mass is 9.94. The second-order valence-corrected chi connectivity index (χ2v) is 14.7. The molecule has 0 spiro atoms. The van der Waals surface area contributed by atoms with Crippen LogP contribution in [0.2, 0.25) is 0 Å². The van der Waals surface area contributed by atoms with Gasteiger partial charge in [-0.25, -0.2) is 8.42 Å². The van der Waals surface area contributed by atoms with Crippen LogP contribution >= 0.6 is 0 Å². The van der Waals surface area contributed by atoms with Gasteiger partial charge in [0.1, 0.15) is 11.5 Å². The molecule has 11 heteroatoms.